The van der Waals surface area contributed by atoms with Crippen LogP contribution in [0.1, 0.15) is 22.0 Å². The third kappa shape index (κ3) is 2.03. The summed E-state index contributed by atoms with van der Waals surface area (Å²) in [6, 6.07) is 4.68. The van der Waals surface area contributed by atoms with Gasteiger partial charge in [-0.2, -0.15) is 4.98 Å². The van der Waals surface area contributed by atoms with Crippen LogP contribution in [0.4, 0.5) is 5.82 Å². The summed E-state index contributed by atoms with van der Waals surface area (Å²) in [6.45, 7) is 1.64. The lowest BCUT2D eigenvalue weighted by Crippen LogP contribution is -2.40. The van der Waals surface area contributed by atoms with Gasteiger partial charge in [0, 0.05) is 24.7 Å². The van der Waals surface area contributed by atoms with E-state index in [2.05, 4.69) is 15.3 Å². The van der Waals surface area contributed by atoms with Crippen molar-refractivity contribution in [3.05, 3.63) is 39.7 Å². The van der Waals surface area contributed by atoms with Crippen LogP contribution in [0.3, 0.4) is 0 Å². The molecule has 8 nitrogen and oxygen atoms in total. The van der Waals surface area contributed by atoms with Crippen LogP contribution in [0.25, 0.3) is 22.2 Å². The molecule has 0 bridgehead atoms. The lowest BCUT2D eigenvalue weighted by atomic mass is 9.98. The van der Waals surface area contributed by atoms with E-state index in [0.717, 1.165) is 18.8 Å². The quantitative estimate of drug-likeness (QED) is 0.589. The summed E-state index contributed by atoms with van der Waals surface area (Å²) in [5.74, 6) is -1.18. The lowest BCUT2D eigenvalue weighted by molar-refractivity contribution is 0.0698. The van der Waals surface area contributed by atoms with Gasteiger partial charge in [-0.3, -0.25) is 4.79 Å². The van der Waals surface area contributed by atoms with Gasteiger partial charge < -0.3 is 20.6 Å². The number of fused-ring (bicyclic) bond motifs is 2. The molecule has 3 aromatic rings. The summed E-state index contributed by atoms with van der Waals surface area (Å²) in [7, 11) is 0. The average Bonchev–Trinajstić information content (AvgIpc) is 2.45. The number of nitrogens with two attached hydrogens (primary N) is 1. The minimum Gasteiger partial charge on any atom is -0.478 e. The topological polar surface area (TPSA) is 131 Å². The summed E-state index contributed by atoms with van der Waals surface area (Å²) >= 11 is 0. The Bertz CT molecular complexity index is 1020. The summed E-state index contributed by atoms with van der Waals surface area (Å²) in [5, 5.41) is 12.3. The second-order valence-electron chi connectivity index (χ2n) is 5.45. The molecule has 0 amide bonds. The molecule has 0 aliphatic carbocycles. The number of hydrogen-bond acceptors (Lipinski definition) is 7. The molecule has 1 fully saturated rings. The van der Waals surface area contributed by atoms with Crippen LogP contribution in [0.2, 0.25) is 0 Å². The summed E-state index contributed by atoms with van der Waals surface area (Å²) in [4.78, 5) is 32.1. The van der Waals surface area contributed by atoms with Gasteiger partial charge in [0.25, 0.3) is 0 Å². The highest BCUT2D eigenvalue weighted by molar-refractivity contribution is 5.98. The molecule has 0 radical (unpaired) electrons. The van der Waals surface area contributed by atoms with Gasteiger partial charge in [0.05, 0.1) is 5.39 Å². The predicted molar refractivity (Wildman–Crippen MR) is 82.6 cm³/mol. The predicted octanol–water partition coefficient (Wildman–Crippen LogP) is 0.703. The van der Waals surface area contributed by atoms with Crippen molar-refractivity contribution >= 4 is 34.0 Å². The van der Waals surface area contributed by atoms with Crippen LogP contribution < -0.4 is 16.5 Å². The SMILES string of the molecule is Nc1nc2oc3ccc(C4CNC4)nc3c(=O)c2cc1C(=O)O. The molecular formula is C15H12N4O4. The third-order valence-electron chi connectivity index (χ3n) is 3.99. The fourth-order valence-electron chi connectivity index (χ4n) is 2.59. The van der Waals surface area contributed by atoms with Gasteiger partial charge in [0.2, 0.25) is 11.1 Å². The normalized spacial score (nSPS) is 15.0. The zero-order valence-corrected chi connectivity index (χ0v) is 11.9. The van der Waals surface area contributed by atoms with Gasteiger partial charge >= 0.3 is 5.97 Å². The Kier molecular flexibility index (Phi) is 2.82. The maximum absolute atomic E-state index is 12.6. The van der Waals surface area contributed by atoms with Crippen LogP contribution in [0, 0.1) is 0 Å². The first-order valence-electron chi connectivity index (χ1n) is 7.02. The average molecular weight is 312 g/mol. The number of anilines is 1. The molecule has 1 aliphatic heterocycles. The van der Waals surface area contributed by atoms with Crippen LogP contribution in [-0.2, 0) is 0 Å². The molecule has 0 spiro atoms. The van der Waals surface area contributed by atoms with E-state index < -0.39 is 11.4 Å². The van der Waals surface area contributed by atoms with Crippen molar-refractivity contribution in [1.82, 2.24) is 15.3 Å². The summed E-state index contributed by atoms with van der Waals surface area (Å²) in [5.41, 5.74) is 6.24. The second kappa shape index (κ2) is 4.75. The van der Waals surface area contributed by atoms with Crippen molar-refractivity contribution in [3.63, 3.8) is 0 Å². The Labute approximate surface area is 128 Å². The molecule has 1 saturated heterocycles. The van der Waals surface area contributed by atoms with Crippen LogP contribution in [0.15, 0.2) is 27.4 Å². The van der Waals surface area contributed by atoms with Crippen LogP contribution in [-0.4, -0.2) is 34.1 Å². The highest BCUT2D eigenvalue weighted by Gasteiger charge is 2.22. The van der Waals surface area contributed by atoms with Gasteiger partial charge in [-0.15, -0.1) is 0 Å². The first-order valence-corrected chi connectivity index (χ1v) is 7.02. The molecule has 4 N–H and O–H groups in total. The zero-order valence-electron chi connectivity index (χ0n) is 11.9. The van der Waals surface area contributed by atoms with E-state index in [1.54, 1.807) is 6.07 Å². The monoisotopic (exact) mass is 312 g/mol. The number of carboxylic acid groups (broad SMARTS) is 1. The lowest BCUT2D eigenvalue weighted by Gasteiger charge is -2.26. The molecule has 0 aromatic carbocycles. The zero-order chi connectivity index (χ0) is 16.1. The molecule has 0 saturated carbocycles. The number of carbonyl (C=O) groups is 1. The van der Waals surface area contributed by atoms with Crippen molar-refractivity contribution in [1.29, 1.82) is 0 Å². The molecule has 4 rings (SSSR count). The smallest absolute Gasteiger partial charge is 0.339 e. The fourth-order valence-corrected chi connectivity index (χ4v) is 2.59. The van der Waals surface area contributed by atoms with Gasteiger partial charge in [-0.05, 0) is 18.2 Å². The van der Waals surface area contributed by atoms with Crippen molar-refractivity contribution in [2.75, 3.05) is 18.8 Å². The number of rotatable bonds is 2. The second-order valence-corrected chi connectivity index (χ2v) is 5.45. The highest BCUT2D eigenvalue weighted by atomic mass is 16.4. The van der Waals surface area contributed by atoms with Gasteiger partial charge in [-0.25, -0.2) is 9.78 Å². The molecule has 1 aliphatic rings. The van der Waals surface area contributed by atoms with E-state index in [-0.39, 0.29) is 33.9 Å². The van der Waals surface area contributed by atoms with E-state index >= 15 is 0 Å². The molecule has 4 heterocycles. The molecule has 23 heavy (non-hydrogen) atoms. The fraction of sp³-hybridized carbons (Fsp3) is 0.200. The van der Waals surface area contributed by atoms with Gasteiger partial charge in [-0.1, -0.05) is 0 Å². The van der Waals surface area contributed by atoms with E-state index in [9.17, 15) is 9.59 Å². The molecule has 8 heteroatoms. The Morgan fingerprint density at radius 3 is 2.78 bits per heavy atom. The summed E-state index contributed by atoms with van der Waals surface area (Å²) in [6.07, 6.45) is 0. The molecule has 116 valence electrons. The van der Waals surface area contributed by atoms with Crippen LogP contribution in [0.5, 0.6) is 0 Å². The highest BCUT2D eigenvalue weighted by Crippen LogP contribution is 2.23. The first kappa shape index (κ1) is 13.6. The number of pyridine rings is 2. The Morgan fingerprint density at radius 1 is 1.35 bits per heavy atom. The molecule has 3 aromatic heterocycles. The third-order valence-corrected chi connectivity index (χ3v) is 3.99. The number of nitrogens with zero attached hydrogens (tertiary/aromatic N) is 2. The minimum absolute atomic E-state index is 0.00450. The van der Waals surface area contributed by atoms with Crippen molar-refractivity contribution < 1.29 is 14.3 Å². The van der Waals surface area contributed by atoms with Crippen molar-refractivity contribution in [2.24, 2.45) is 0 Å². The van der Waals surface area contributed by atoms with Gasteiger partial charge in [0.1, 0.15) is 11.4 Å². The maximum Gasteiger partial charge on any atom is 0.339 e. The Hall–Kier alpha value is -3.00. The van der Waals surface area contributed by atoms with E-state index in [4.69, 9.17) is 15.3 Å². The van der Waals surface area contributed by atoms with Crippen molar-refractivity contribution in [3.8, 4) is 0 Å². The number of nitrogen functional groups attached to an aromatic ring is 1. The molecule has 0 unspecified atom stereocenters. The largest absolute Gasteiger partial charge is 0.478 e. The van der Waals surface area contributed by atoms with E-state index in [1.807, 2.05) is 6.07 Å². The van der Waals surface area contributed by atoms with Gasteiger partial charge in [0.15, 0.2) is 11.1 Å². The minimum atomic E-state index is -1.25. The van der Waals surface area contributed by atoms with E-state index in [1.165, 1.54) is 6.07 Å². The van der Waals surface area contributed by atoms with Crippen LogP contribution >= 0.6 is 0 Å². The Balaban J connectivity index is 2.02. The Morgan fingerprint density at radius 2 is 2.13 bits per heavy atom. The number of nitrogens with one attached hydrogen (secondary N) is 1. The first-order chi connectivity index (χ1) is 11.0. The number of hydrogen-bond donors (Lipinski definition) is 3. The molecular weight excluding hydrogens is 300 g/mol. The maximum atomic E-state index is 12.6. The number of aromatic nitrogens is 2. The summed E-state index contributed by atoms with van der Waals surface area (Å²) < 4.78 is 5.57. The van der Waals surface area contributed by atoms with Crippen molar-refractivity contribution in [2.45, 2.75) is 5.92 Å². The number of aromatic carboxylic acids is 1. The number of carboxylic acids is 1. The van der Waals surface area contributed by atoms with E-state index in [0.29, 0.717) is 5.58 Å². The molecule has 0 atom stereocenters. The standard InChI is InChI=1S/C15H12N4O4/c16-13-8(15(21)22)3-7-12(20)11-10(23-14(7)19-13)2-1-9(18-11)6-4-17-5-6/h1-3,6,17H,4-5H2,(H2,16,19)(H,21,22).